The van der Waals surface area contributed by atoms with Crippen molar-refractivity contribution in [3.05, 3.63) is 0 Å². The van der Waals surface area contributed by atoms with Gasteiger partial charge in [-0.05, 0) is 54.6 Å². The highest BCUT2D eigenvalue weighted by atomic mass is 16.2. The van der Waals surface area contributed by atoms with E-state index in [1.165, 1.54) is 32.1 Å². The Morgan fingerprint density at radius 1 is 1.14 bits per heavy atom. The van der Waals surface area contributed by atoms with Crippen molar-refractivity contribution in [1.29, 1.82) is 0 Å². The van der Waals surface area contributed by atoms with Crippen LogP contribution in [0.5, 0.6) is 0 Å². The number of carbonyl (C=O) groups is 1. The molecular formula is C18H35N3O. The fourth-order valence-electron chi connectivity index (χ4n) is 4.10. The van der Waals surface area contributed by atoms with Crippen LogP contribution in [0.3, 0.4) is 0 Å². The lowest BCUT2D eigenvalue weighted by Gasteiger charge is -2.54. The molecule has 0 aromatic heterocycles. The molecule has 0 radical (unpaired) electrons. The number of nitrogens with zero attached hydrogens (tertiary/aromatic N) is 3. The first kappa shape index (κ1) is 17.7. The van der Waals surface area contributed by atoms with Gasteiger partial charge in [0, 0.05) is 31.2 Å². The molecule has 0 unspecified atom stereocenters. The third-order valence-corrected chi connectivity index (χ3v) is 6.06. The van der Waals surface area contributed by atoms with Gasteiger partial charge >= 0.3 is 0 Å². The fraction of sp³-hybridized carbons (Fsp3) is 0.944. The molecule has 0 spiro atoms. The number of hydrogen-bond donors (Lipinski definition) is 0. The summed E-state index contributed by atoms with van der Waals surface area (Å²) in [6.07, 6.45) is 6.77. The molecule has 1 aliphatic carbocycles. The molecule has 1 heterocycles. The first-order valence-electron chi connectivity index (χ1n) is 8.90. The van der Waals surface area contributed by atoms with E-state index in [0.717, 1.165) is 25.7 Å². The number of piperazine rings is 1. The molecule has 4 nitrogen and oxygen atoms in total. The molecule has 2 rings (SSSR count). The number of likely N-dealkylation sites (N-methyl/N-ethyl adjacent to an activating group) is 2. The van der Waals surface area contributed by atoms with Gasteiger partial charge in [-0.1, -0.05) is 19.3 Å². The van der Waals surface area contributed by atoms with E-state index in [2.05, 4.69) is 42.6 Å². The van der Waals surface area contributed by atoms with Crippen molar-refractivity contribution >= 4 is 5.91 Å². The van der Waals surface area contributed by atoms with Gasteiger partial charge in [-0.15, -0.1) is 0 Å². The SMILES string of the molecule is CN(CCN1CC(C)(C)N(C)C(C)(C)C1=O)C1CCCCC1. The molecule has 1 amide bonds. The minimum Gasteiger partial charge on any atom is -0.338 e. The minimum absolute atomic E-state index is 0.0286. The Morgan fingerprint density at radius 2 is 1.73 bits per heavy atom. The Bertz CT molecular complexity index is 399. The van der Waals surface area contributed by atoms with E-state index < -0.39 is 5.54 Å². The van der Waals surface area contributed by atoms with Crippen LogP contribution in [-0.4, -0.2) is 71.5 Å². The zero-order chi connectivity index (χ0) is 16.5. The maximum atomic E-state index is 12.8. The Kier molecular flexibility index (Phi) is 5.23. The summed E-state index contributed by atoms with van der Waals surface area (Å²) in [6.45, 7) is 11.2. The molecule has 0 aromatic carbocycles. The van der Waals surface area contributed by atoms with E-state index in [1.54, 1.807) is 0 Å². The van der Waals surface area contributed by atoms with Crippen LogP contribution in [0.1, 0.15) is 59.8 Å². The van der Waals surface area contributed by atoms with Crippen molar-refractivity contribution < 1.29 is 4.79 Å². The summed E-state index contributed by atoms with van der Waals surface area (Å²) in [6, 6.07) is 0.720. The fourth-order valence-corrected chi connectivity index (χ4v) is 4.10. The van der Waals surface area contributed by atoms with Crippen LogP contribution < -0.4 is 0 Å². The van der Waals surface area contributed by atoms with Crippen molar-refractivity contribution in [2.45, 2.75) is 76.9 Å². The third kappa shape index (κ3) is 3.48. The summed E-state index contributed by atoms with van der Waals surface area (Å²) in [4.78, 5) is 19.6. The van der Waals surface area contributed by atoms with Gasteiger partial charge in [0.25, 0.3) is 0 Å². The molecule has 0 aromatic rings. The lowest BCUT2D eigenvalue weighted by atomic mass is 9.87. The Morgan fingerprint density at radius 3 is 2.32 bits per heavy atom. The van der Waals surface area contributed by atoms with Crippen molar-refractivity contribution in [2.24, 2.45) is 0 Å². The highest BCUT2D eigenvalue weighted by Crippen LogP contribution is 2.31. The Hall–Kier alpha value is -0.610. The predicted molar refractivity (Wildman–Crippen MR) is 92.0 cm³/mol. The van der Waals surface area contributed by atoms with Gasteiger partial charge < -0.3 is 9.80 Å². The quantitative estimate of drug-likeness (QED) is 0.798. The lowest BCUT2D eigenvalue weighted by Crippen LogP contribution is -2.70. The van der Waals surface area contributed by atoms with E-state index in [1.807, 2.05) is 13.8 Å². The molecule has 128 valence electrons. The molecule has 4 heteroatoms. The molecule has 2 aliphatic rings. The summed E-state index contributed by atoms with van der Waals surface area (Å²) in [5, 5.41) is 0. The monoisotopic (exact) mass is 309 g/mol. The van der Waals surface area contributed by atoms with E-state index in [4.69, 9.17) is 0 Å². The maximum absolute atomic E-state index is 12.8. The van der Waals surface area contributed by atoms with Crippen molar-refractivity contribution in [3.8, 4) is 0 Å². The van der Waals surface area contributed by atoms with Gasteiger partial charge in [-0.3, -0.25) is 9.69 Å². The van der Waals surface area contributed by atoms with Gasteiger partial charge in [0.15, 0.2) is 0 Å². The average molecular weight is 309 g/mol. The minimum atomic E-state index is -0.412. The van der Waals surface area contributed by atoms with Gasteiger partial charge in [-0.25, -0.2) is 0 Å². The van der Waals surface area contributed by atoms with Gasteiger partial charge in [0.2, 0.25) is 5.91 Å². The zero-order valence-electron chi connectivity index (χ0n) is 15.5. The lowest BCUT2D eigenvalue weighted by molar-refractivity contribution is -0.157. The van der Waals surface area contributed by atoms with Crippen LogP contribution >= 0.6 is 0 Å². The number of carbonyl (C=O) groups excluding carboxylic acids is 1. The largest absolute Gasteiger partial charge is 0.338 e. The highest BCUT2D eigenvalue weighted by Gasteiger charge is 2.48. The summed E-state index contributed by atoms with van der Waals surface area (Å²) in [7, 11) is 4.30. The summed E-state index contributed by atoms with van der Waals surface area (Å²) in [5.74, 6) is 0.270. The van der Waals surface area contributed by atoms with Crippen molar-refractivity contribution in [3.63, 3.8) is 0 Å². The van der Waals surface area contributed by atoms with Crippen LogP contribution in [0, 0.1) is 0 Å². The number of hydrogen-bond acceptors (Lipinski definition) is 3. The van der Waals surface area contributed by atoms with E-state index >= 15 is 0 Å². The molecule has 1 saturated heterocycles. The Labute approximate surface area is 136 Å². The van der Waals surface area contributed by atoms with Gasteiger partial charge in [0.1, 0.15) is 0 Å². The van der Waals surface area contributed by atoms with Crippen molar-refractivity contribution in [2.75, 3.05) is 33.7 Å². The van der Waals surface area contributed by atoms with Crippen LogP contribution in [-0.2, 0) is 4.79 Å². The van der Waals surface area contributed by atoms with Gasteiger partial charge in [-0.2, -0.15) is 0 Å². The predicted octanol–water partition coefficient (Wildman–Crippen LogP) is 2.58. The molecule has 22 heavy (non-hydrogen) atoms. The smallest absolute Gasteiger partial charge is 0.242 e. The molecular weight excluding hydrogens is 274 g/mol. The first-order chi connectivity index (χ1) is 10.2. The van der Waals surface area contributed by atoms with Crippen molar-refractivity contribution in [1.82, 2.24) is 14.7 Å². The average Bonchev–Trinajstić information content (AvgIpc) is 2.49. The maximum Gasteiger partial charge on any atom is 0.242 e. The number of rotatable bonds is 4. The molecule has 1 saturated carbocycles. The van der Waals surface area contributed by atoms with Crippen LogP contribution in [0.25, 0.3) is 0 Å². The molecule has 1 aliphatic heterocycles. The summed E-state index contributed by atoms with van der Waals surface area (Å²) >= 11 is 0. The molecule has 2 fully saturated rings. The topological polar surface area (TPSA) is 26.8 Å². The van der Waals surface area contributed by atoms with Crippen LogP contribution in [0.15, 0.2) is 0 Å². The van der Waals surface area contributed by atoms with Gasteiger partial charge in [0.05, 0.1) is 5.54 Å². The van der Waals surface area contributed by atoms with E-state index in [-0.39, 0.29) is 11.4 Å². The second kappa shape index (κ2) is 6.48. The first-order valence-corrected chi connectivity index (χ1v) is 8.90. The number of amides is 1. The summed E-state index contributed by atoms with van der Waals surface area (Å²) in [5.41, 5.74) is -0.383. The Balaban J connectivity index is 1.95. The van der Waals surface area contributed by atoms with E-state index in [0.29, 0.717) is 0 Å². The molecule has 0 bridgehead atoms. The molecule has 0 N–H and O–H groups in total. The van der Waals surface area contributed by atoms with E-state index in [9.17, 15) is 4.79 Å². The normalized spacial score (nSPS) is 26.7. The second-order valence-electron chi connectivity index (χ2n) is 8.43. The third-order valence-electron chi connectivity index (χ3n) is 6.06. The van der Waals surface area contributed by atoms with Crippen LogP contribution in [0.2, 0.25) is 0 Å². The standard InChI is InChI=1S/C18H35N3O/c1-17(2)14-21(16(22)18(3,4)20(17)6)13-12-19(5)15-10-8-7-9-11-15/h15H,7-14H2,1-6H3. The highest BCUT2D eigenvalue weighted by molar-refractivity contribution is 5.86. The molecule has 0 atom stereocenters. The van der Waals surface area contributed by atoms with Crippen LogP contribution in [0.4, 0.5) is 0 Å². The zero-order valence-corrected chi connectivity index (χ0v) is 15.5. The summed E-state index contributed by atoms with van der Waals surface area (Å²) < 4.78 is 0. The second-order valence-corrected chi connectivity index (χ2v) is 8.43.